The average molecular weight is 453 g/mol. The zero-order valence-electron chi connectivity index (χ0n) is 20.2. The van der Waals surface area contributed by atoms with Gasteiger partial charge in [0, 0.05) is 12.6 Å². The molecule has 0 saturated carbocycles. The number of likely N-dealkylation sites (N-methyl/N-ethyl adjacent to an activating group) is 1. The molecule has 1 fully saturated rings. The smallest absolute Gasteiger partial charge is 0.326 e. The summed E-state index contributed by atoms with van der Waals surface area (Å²) >= 11 is 0. The number of likely N-dealkylation sites (tertiary alicyclic amines) is 1. The predicted molar refractivity (Wildman–Crippen MR) is 123 cm³/mol. The third-order valence-electron chi connectivity index (χ3n) is 5.81. The van der Waals surface area contributed by atoms with Gasteiger partial charge in [-0.2, -0.15) is 0 Å². The first-order valence-electron chi connectivity index (χ1n) is 11.5. The number of aliphatic carboxylic acids is 1. The lowest BCUT2D eigenvalue weighted by atomic mass is 10.0. The maximum atomic E-state index is 13.0. The van der Waals surface area contributed by atoms with Gasteiger partial charge in [-0.1, -0.05) is 46.3 Å². The molecule has 0 spiro atoms. The summed E-state index contributed by atoms with van der Waals surface area (Å²) in [5.74, 6) is -2.74. The molecule has 0 bridgehead atoms. The number of hydrogen-bond donors (Lipinski definition) is 4. The van der Waals surface area contributed by atoms with Crippen LogP contribution in [0.5, 0.6) is 0 Å². The molecular weight excluding hydrogens is 412 g/mol. The highest BCUT2D eigenvalue weighted by atomic mass is 16.4. The Bertz CT molecular complexity index is 694. The number of hydrogen-bond acceptors (Lipinski definition) is 5. The first-order valence-corrected chi connectivity index (χ1v) is 11.5. The second kappa shape index (κ2) is 13.2. The van der Waals surface area contributed by atoms with Crippen LogP contribution in [0.25, 0.3) is 0 Å². The fourth-order valence-corrected chi connectivity index (χ4v) is 3.67. The van der Waals surface area contributed by atoms with Crippen LogP contribution in [0.2, 0.25) is 0 Å². The lowest BCUT2D eigenvalue weighted by Crippen LogP contribution is -2.57. The summed E-state index contributed by atoms with van der Waals surface area (Å²) in [5, 5.41) is 17.7. The number of carboxylic acid groups (broad SMARTS) is 1. The third kappa shape index (κ3) is 7.93. The molecule has 1 saturated heterocycles. The number of nitrogens with zero attached hydrogens (tertiary/aromatic N) is 1. The van der Waals surface area contributed by atoms with Gasteiger partial charge in [0.25, 0.3) is 0 Å². The van der Waals surface area contributed by atoms with E-state index in [1.807, 2.05) is 33.0 Å². The Morgan fingerprint density at radius 2 is 1.75 bits per heavy atom. The van der Waals surface area contributed by atoms with Gasteiger partial charge in [-0.05, 0) is 39.2 Å². The monoisotopic (exact) mass is 452 g/mol. The number of nitrogens with one attached hydrogen (secondary N) is 3. The molecule has 1 heterocycles. The SMILES string of the molecule is CCC[C@H](NC(=O)[C@@H](NC(=O)C1CCCN1C(=O)[C@@H](C)/C=C/[C@H](C)NC)C(C)C)C(=O)O. The van der Waals surface area contributed by atoms with Crippen LogP contribution in [0, 0.1) is 11.8 Å². The van der Waals surface area contributed by atoms with Gasteiger partial charge in [0.1, 0.15) is 18.1 Å². The minimum Gasteiger partial charge on any atom is -0.480 e. The summed E-state index contributed by atoms with van der Waals surface area (Å²) in [7, 11) is 1.84. The van der Waals surface area contributed by atoms with Crippen molar-refractivity contribution in [2.45, 2.75) is 84.5 Å². The van der Waals surface area contributed by atoms with Crippen LogP contribution in [-0.2, 0) is 19.2 Å². The van der Waals surface area contributed by atoms with Gasteiger partial charge >= 0.3 is 5.97 Å². The van der Waals surface area contributed by atoms with Gasteiger partial charge in [0.2, 0.25) is 17.7 Å². The Morgan fingerprint density at radius 1 is 1.09 bits per heavy atom. The van der Waals surface area contributed by atoms with Crippen molar-refractivity contribution in [1.82, 2.24) is 20.9 Å². The predicted octanol–water partition coefficient (Wildman–Crippen LogP) is 1.29. The van der Waals surface area contributed by atoms with Crippen LogP contribution >= 0.6 is 0 Å². The minimum atomic E-state index is -1.10. The van der Waals surface area contributed by atoms with E-state index in [2.05, 4.69) is 16.0 Å². The normalized spacial score (nSPS) is 20.1. The molecule has 4 N–H and O–H groups in total. The van der Waals surface area contributed by atoms with Crippen LogP contribution in [0.1, 0.15) is 60.3 Å². The van der Waals surface area contributed by atoms with Crippen molar-refractivity contribution in [3.8, 4) is 0 Å². The highest BCUT2D eigenvalue weighted by Gasteiger charge is 2.37. The summed E-state index contributed by atoms with van der Waals surface area (Å²) in [5.41, 5.74) is 0. The zero-order valence-corrected chi connectivity index (χ0v) is 20.2. The number of carbonyl (C=O) groups excluding carboxylic acids is 3. The van der Waals surface area contributed by atoms with Crippen molar-refractivity contribution >= 4 is 23.7 Å². The van der Waals surface area contributed by atoms with E-state index >= 15 is 0 Å². The van der Waals surface area contributed by atoms with E-state index in [1.54, 1.807) is 25.7 Å². The van der Waals surface area contributed by atoms with Crippen molar-refractivity contribution in [2.24, 2.45) is 11.8 Å². The lowest BCUT2D eigenvalue weighted by molar-refractivity contribution is -0.143. The Kier molecular flexibility index (Phi) is 11.4. The highest BCUT2D eigenvalue weighted by Crippen LogP contribution is 2.21. The van der Waals surface area contributed by atoms with Gasteiger partial charge in [-0.15, -0.1) is 0 Å². The fraction of sp³-hybridized carbons (Fsp3) is 0.739. The van der Waals surface area contributed by atoms with E-state index in [0.717, 1.165) is 0 Å². The van der Waals surface area contributed by atoms with Gasteiger partial charge in [-0.3, -0.25) is 14.4 Å². The first kappa shape index (κ1) is 27.6. The topological polar surface area (TPSA) is 128 Å². The third-order valence-corrected chi connectivity index (χ3v) is 5.81. The largest absolute Gasteiger partial charge is 0.480 e. The molecule has 0 aromatic carbocycles. The number of carboxylic acids is 1. The number of amides is 3. The number of carbonyl (C=O) groups is 4. The van der Waals surface area contributed by atoms with Crippen molar-refractivity contribution in [1.29, 1.82) is 0 Å². The van der Waals surface area contributed by atoms with E-state index in [-0.39, 0.29) is 29.7 Å². The van der Waals surface area contributed by atoms with Gasteiger partial charge < -0.3 is 26.0 Å². The van der Waals surface area contributed by atoms with E-state index in [4.69, 9.17) is 0 Å². The van der Waals surface area contributed by atoms with Crippen molar-refractivity contribution < 1.29 is 24.3 Å². The van der Waals surface area contributed by atoms with Crippen molar-refractivity contribution in [2.75, 3.05) is 13.6 Å². The summed E-state index contributed by atoms with van der Waals surface area (Å²) in [6.45, 7) is 9.68. The summed E-state index contributed by atoms with van der Waals surface area (Å²) < 4.78 is 0. The van der Waals surface area contributed by atoms with E-state index in [9.17, 15) is 24.3 Å². The Hall–Kier alpha value is -2.42. The van der Waals surface area contributed by atoms with Gasteiger partial charge in [-0.25, -0.2) is 4.79 Å². The van der Waals surface area contributed by atoms with Gasteiger partial charge in [0.05, 0.1) is 5.92 Å². The number of rotatable bonds is 12. The van der Waals surface area contributed by atoms with Crippen LogP contribution in [-0.4, -0.2) is 71.5 Å². The second-order valence-electron chi connectivity index (χ2n) is 8.86. The fourth-order valence-electron chi connectivity index (χ4n) is 3.67. The van der Waals surface area contributed by atoms with Crippen LogP contribution in [0.4, 0.5) is 0 Å². The molecule has 0 radical (unpaired) electrons. The van der Waals surface area contributed by atoms with Gasteiger partial charge in [0.15, 0.2) is 0 Å². The summed E-state index contributed by atoms with van der Waals surface area (Å²) in [4.78, 5) is 51.7. The highest BCUT2D eigenvalue weighted by molar-refractivity contribution is 5.94. The van der Waals surface area contributed by atoms with E-state index in [0.29, 0.717) is 32.2 Å². The Morgan fingerprint density at radius 3 is 2.28 bits per heavy atom. The van der Waals surface area contributed by atoms with Crippen LogP contribution in [0.3, 0.4) is 0 Å². The average Bonchev–Trinajstić information content (AvgIpc) is 3.23. The molecule has 3 amide bonds. The summed E-state index contributed by atoms with van der Waals surface area (Å²) in [6.07, 6.45) is 5.91. The molecule has 1 aliphatic heterocycles. The quantitative estimate of drug-likeness (QED) is 0.330. The molecule has 9 heteroatoms. The van der Waals surface area contributed by atoms with Crippen molar-refractivity contribution in [3.05, 3.63) is 12.2 Å². The van der Waals surface area contributed by atoms with Crippen LogP contribution in [0.15, 0.2) is 12.2 Å². The second-order valence-corrected chi connectivity index (χ2v) is 8.86. The Labute approximate surface area is 191 Å². The molecule has 0 aromatic heterocycles. The summed E-state index contributed by atoms with van der Waals surface area (Å²) in [6, 6.07) is -2.38. The first-order chi connectivity index (χ1) is 15.0. The molecule has 5 atom stereocenters. The molecule has 182 valence electrons. The molecular formula is C23H40N4O5. The maximum absolute atomic E-state index is 13.0. The molecule has 1 unspecified atom stereocenters. The molecule has 0 aliphatic carbocycles. The maximum Gasteiger partial charge on any atom is 0.326 e. The molecule has 9 nitrogen and oxygen atoms in total. The molecule has 32 heavy (non-hydrogen) atoms. The lowest BCUT2D eigenvalue weighted by Gasteiger charge is -2.29. The Balaban J connectivity index is 2.87. The molecule has 0 aromatic rings. The minimum absolute atomic E-state index is 0.123. The molecule has 1 rings (SSSR count). The molecule has 1 aliphatic rings. The van der Waals surface area contributed by atoms with Crippen LogP contribution < -0.4 is 16.0 Å². The van der Waals surface area contributed by atoms with Crippen molar-refractivity contribution in [3.63, 3.8) is 0 Å². The zero-order chi connectivity index (χ0) is 24.4. The standard InChI is InChI=1S/C23H40N4O5/c1-7-9-17(23(31)32)25-21(29)19(14(2)3)26-20(28)18-10-8-13-27(18)22(30)15(4)11-12-16(5)24-6/h11-12,14-19,24H,7-10,13H2,1-6H3,(H,25,29)(H,26,28)(H,31,32)/b12-11+/t15-,16-,17-,18?,19-/m0/s1. The van der Waals surface area contributed by atoms with E-state index in [1.165, 1.54) is 0 Å². The van der Waals surface area contributed by atoms with E-state index < -0.39 is 30.0 Å².